The van der Waals surface area contributed by atoms with Gasteiger partial charge in [-0.15, -0.1) is 12.4 Å². The Bertz CT molecular complexity index is 1030. The number of benzene rings is 3. The molecule has 134 valence electrons. The van der Waals surface area contributed by atoms with E-state index in [1.807, 2.05) is 0 Å². The maximum absolute atomic E-state index is 4.95. The van der Waals surface area contributed by atoms with Crippen LogP contribution in [0.25, 0.3) is 32.9 Å². The zero-order chi connectivity index (χ0) is 17.2. The van der Waals surface area contributed by atoms with Crippen molar-refractivity contribution in [1.82, 2.24) is 4.98 Å². The number of aromatic nitrogens is 1. The number of para-hydroxylation sites is 1. The van der Waals surface area contributed by atoms with Crippen molar-refractivity contribution in [3.05, 3.63) is 72.8 Å². The van der Waals surface area contributed by atoms with Crippen LogP contribution >= 0.6 is 12.4 Å². The van der Waals surface area contributed by atoms with Crippen molar-refractivity contribution in [1.29, 1.82) is 0 Å². The summed E-state index contributed by atoms with van der Waals surface area (Å²) in [5, 5.41) is 2.46. The molecule has 0 unspecified atom stereocenters. The van der Waals surface area contributed by atoms with Crippen molar-refractivity contribution < 1.29 is 19.5 Å². The Labute approximate surface area is 179 Å². The molecule has 0 aliphatic rings. The van der Waals surface area contributed by atoms with E-state index in [1.165, 1.54) is 27.6 Å². The number of nitrogens with zero attached hydrogens (tertiary/aromatic N) is 2. The summed E-state index contributed by atoms with van der Waals surface area (Å²) in [6.07, 6.45) is 0. The first-order chi connectivity index (χ1) is 12.3. The zero-order valence-electron chi connectivity index (χ0n) is 15.9. The molecular formula is C23H23ClN2Zn. The van der Waals surface area contributed by atoms with E-state index in [0.717, 1.165) is 24.1 Å². The molecule has 0 amide bonds. The number of hydrogen-bond acceptors (Lipinski definition) is 2. The molecule has 4 rings (SSSR count). The number of rotatable bonds is 4. The van der Waals surface area contributed by atoms with Gasteiger partial charge < -0.3 is 4.90 Å². The van der Waals surface area contributed by atoms with E-state index in [9.17, 15) is 0 Å². The van der Waals surface area contributed by atoms with Crippen molar-refractivity contribution in [2.75, 3.05) is 18.0 Å². The Morgan fingerprint density at radius 2 is 1.37 bits per heavy atom. The normalized spacial score (nSPS) is 10.3. The van der Waals surface area contributed by atoms with Crippen LogP contribution in [0.1, 0.15) is 13.8 Å². The molecule has 0 bridgehead atoms. The van der Waals surface area contributed by atoms with Crippen molar-refractivity contribution in [3.63, 3.8) is 0 Å². The molecular weight excluding hydrogens is 405 g/mol. The van der Waals surface area contributed by atoms with Gasteiger partial charge in [0.15, 0.2) is 0 Å². The van der Waals surface area contributed by atoms with E-state index in [2.05, 4.69) is 91.5 Å². The van der Waals surface area contributed by atoms with Crippen LogP contribution in [0.15, 0.2) is 72.8 Å². The predicted octanol–water partition coefficient (Wildman–Crippen LogP) is 6.32. The first-order valence-electron chi connectivity index (χ1n) is 8.95. The molecule has 2 nitrogen and oxygen atoms in total. The number of anilines is 1. The Balaban J connectivity index is 0.00000131. The third kappa shape index (κ3) is 3.86. The molecule has 0 aliphatic heterocycles. The molecule has 1 aromatic heterocycles. The average molecular weight is 428 g/mol. The van der Waals surface area contributed by atoms with E-state index in [1.54, 1.807) is 0 Å². The molecule has 1 heterocycles. The smallest absolute Gasteiger partial charge is 0.0736 e. The van der Waals surface area contributed by atoms with Gasteiger partial charge in [0.05, 0.1) is 11.0 Å². The zero-order valence-corrected chi connectivity index (χ0v) is 19.6. The fourth-order valence-electron chi connectivity index (χ4n) is 3.66. The average Bonchev–Trinajstić information content (AvgIpc) is 2.68. The number of halogens is 1. The van der Waals surface area contributed by atoms with Gasteiger partial charge in [-0.1, -0.05) is 54.6 Å². The first-order valence-corrected chi connectivity index (χ1v) is 8.95. The van der Waals surface area contributed by atoms with Gasteiger partial charge in [0, 0.05) is 54.6 Å². The summed E-state index contributed by atoms with van der Waals surface area (Å²) in [5.41, 5.74) is 5.89. The minimum Gasteiger partial charge on any atom is -0.372 e. The van der Waals surface area contributed by atoms with E-state index >= 15 is 0 Å². The quantitative estimate of drug-likeness (QED) is 0.279. The topological polar surface area (TPSA) is 16.1 Å². The number of hydrogen-bond donors (Lipinski definition) is 0. The monoisotopic (exact) mass is 426 g/mol. The van der Waals surface area contributed by atoms with Crippen LogP contribution in [0.3, 0.4) is 0 Å². The SMILES string of the molecule is CCN(CC)c1cccc2nc3ccccc3c(-c3ccccc3)c12.Cl.[Zn]. The molecule has 4 heteroatoms. The summed E-state index contributed by atoms with van der Waals surface area (Å²) in [6, 6.07) is 25.6. The summed E-state index contributed by atoms with van der Waals surface area (Å²) in [7, 11) is 0. The van der Waals surface area contributed by atoms with Crippen LogP contribution in [0.4, 0.5) is 5.69 Å². The van der Waals surface area contributed by atoms with E-state index in [4.69, 9.17) is 4.98 Å². The number of fused-ring (bicyclic) bond motifs is 2. The van der Waals surface area contributed by atoms with Gasteiger partial charge in [0.1, 0.15) is 0 Å². The third-order valence-corrected chi connectivity index (χ3v) is 4.85. The molecule has 0 N–H and O–H groups in total. The molecule has 0 saturated carbocycles. The van der Waals surface area contributed by atoms with E-state index in [-0.39, 0.29) is 31.9 Å². The van der Waals surface area contributed by atoms with Crippen molar-refractivity contribution in [3.8, 4) is 11.1 Å². The Morgan fingerprint density at radius 1 is 0.741 bits per heavy atom. The largest absolute Gasteiger partial charge is 0.372 e. The van der Waals surface area contributed by atoms with E-state index < -0.39 is 0 Å². The fourth-order valence-corrected chi connectivity index (χ4v) is 3.66. The second-order valence-electron chi connectivity index (χ2n) is 6.21. The Kier molecular flexibility index (Phi) is 7.36. The van der Waals surface area contributed by atoms with Crippen LogP contribution < -0.4 is 4.90 Å². The molecule has 0 radical (unpaired) electrons. The van der Waals surface area contributed by atoms with Crippen molar-refractivity contribution >= 4 is 39.9 Å². The van der Waals surface area contributed by atoms with Gasteiger partial charge in [0.25, 0.3) is 0 Å². The van der Waals surface area contributed by atoms with E-state index in [0.29, 0.717) is 0 Å². The van der Waals surface area contributed by atoms with Crippen molar-refractivity contribution in [2.24, 2.45) is 0 Å². The summed E-state index contributed by atoms with van der Waals surface area (Å²) < 4.78 is 0. The van der Waals surface area contributed by atoms with Crippen LogP contribution in [0, 0.1) is 0 Å². The standard InChI is InChI=1S/C23H22N2.ClH.Zn/c1-3-25(4-2)21-16-10-15-20-23(21)22(17-11-6-5-7-12-17)18-13-8-9-14-19(18)24-20;;/h5-16H,3-4H2,1-2H3;1H;. The molecule has 0 atom stereocenters. The third-order valence-electron chi connectivity index (χ3n) is 4.85. The molecule has 0 aliphatic carbocycles. The summed E-state index contributed by atoms with van der Waals surface area (Å²) in [6.45, 7) is 6.38. The molecule has 4 aromatic rings. The summed E-state index contributed by atoms with van der Waals surface area (Å²) in [4.78, 5) is 7.36. The molecule has 0 spiro atoms. The van der Waals surface area contributed by atoms with Crippen LogP contribution in [0.2, 0.25) is 0 Å². The van der Waals surface area contributed by atoms with Crippen LogP contribution in [-0.4, -0.2) is 18.1 Å². The molecule has 27 heavy (non-hydrogen) atoms. The Morgan fingerprint density at radius 3 is 2.07 bits per heavy atom. The van der Waals surface area contributed by atoms with Crippen molar-refractivity contribution in [2.45, 2.75) is 13.8 Å². The molecule has 3 aromatic carbocycles. The summed E-state index contributed by atoms with van der Waals surface area (Å²) in [5.74, 6) is 0. The molecule has 0 saturated heterocycles. The van der Waals surface area contributed by atoms with Crippen LogP contribution in [-0.2, 0) is 19.5 Å². The maximum atomic E-state index is 4.95. The second-order valence-corrected chi connectivity index (χ2v) is 6.21. The van der Waals surface area contributed by atoms with Gasteiger partial charge in [-0.05, 0) is 37.6 Å². The molecule has 0 fully saturated rings. The number of pyridine rings is 1. The fraction of sp³-hybridized carbons (Fsp3) is 0.174. The van der Waals surface area contributed by atoms with Crippen LogP contribution in [0.5, 0.6) is 0 Å². The minimum atomic E-state index is 0. The minimum absolute atomic E-state index is 0. The predicted molar refractivity (Wildman–Crippen MR) is 115 cm³/mol. The van der Waals surface area contributed by atoms with Gasteiger partial charge in [-0.2, -0.15) is 0 Å². The van der Waals surface area contributed by atoms with Gasteiger partial charge in [-0.25, -0.2) is 4.98 Å². The Hall–Kier alpha value is -1.96. The summed E-state index contributed by atoms with van der Waals surface area (Å²) >= 11 is 0. The van der Waals surface area contributed by atoms with Gasteiger partial charge in [0.2, 0.25) is 0 Å². The second kappa shape index (κ2) is 9.30. The maximum Gasteiger partial charge on any atom is 0.0736 e. The van der Waals surface area contributed by atoms with Gasteiger partial charge in [-0.3, -0.25) is 0 Å². The first kappa shape index (κ1) is 21.3. The van der Waals surface area contributed by atoms with Gasteiger partial charge >= 0.3 is 0 Å².